The number of carbonyl (C=O) groups is 4. The molecule has 0 fully saturated rings. The van der Waals surface area contributed by atoms with Gasteiger partial charge in [-0.15, -0.1) is 0 Å². The van der Waals surface area contributed by atoms with Crippen molar-refractivity contribution in [3.8, 4) is 0 Å². The number of phosphoric ester groups is 2. The number of allylic oxidation sites excluding steroid dienone is 4. The molecule has 0 spiro atoms. The van der Waals surface area contributed by atoms with Gasteiger partial charge in [-0.2, -0.15) is 0 Å². The number of rotatable bonds is 67. The molecule has 0 bridgehead atoms. The van der Waals surface area contributed by atoms with Crippen LogP contribution in [0.1, 0.15) is 330 Å². The third kappa shape index (κ3) is 64.1. The summed E-state index contributed by atoms with van der Waals surface area (Å²) in [4.78, 5) is 72.4. The van der Waals surface area contributed by atoms with Gasteiger partial charge in [0, 0.05) is 25.7 Å². The molecular formula is C70H132O17P2. The highest BCUT2D eigenvalue weighted by molar-refractivity contribution is 7.47. The molecule has 5 atom stereocenters. The van der Waals surface area contributed by atoms with Crippen molar-refractivity contribution in [2.45, 2.75) is 349 Å². The van der Waals surface area contributed by atoms with Crippen LogP contribution in [-0.4, -0.2) is 96.7 Å². The fraction of sp³-hybridized carbons (Fsp3) is 0.886. The average molecular weight is 1310 g/mol. The number of hydrogen-bond acceptors (Lipinski definition) is 15. The van der Waals surface area contributed by atoms with Crippen LogP contribution < -0.4 is 0 Å². The smallest absolute Gasteiger partial charge is 0.462 e. The molecule has 0 amide bonds. The summed E-state index contributed by atoms with van der Waals surface area (Å²) < 4.78 is 68.2. The van der Waals surface area contributed by atoms with Gasteiger partial charge in [-0.05, 0) is 63.2 Å². The van der Waals surface area contributed by atoms with Crippen LogP contribution in [0, 0.1) is 11.8 Å². The number of phosphoric acid groups is 2. The fourth-order valence-electron chi connectivity index (χ4n) is 10.1. The molecule has 19 heteroatoms. The molecule has 0 aromatic heterocycles. The van der Waals surface area contributed by atoms with Crippen LogP contribution in [0.5, 0.6) is 0 Å². The van der Waals surface area contributed by atoms with Crippen molar-refractivity contribution in [3.63, 3.8) is 0 Å². The Morgan fingerprint density at radius 1 is 0.348 bits per heavy atom. The van der Waals surface area contributed by atoms with Crippen molar-refractivity contribution in [1.82, 2.24) is 0 Å². The first kappa shape index (κ1) is 86.5. The minimum absolute atomic E-state index is 0.0850. The SMILES string of the molecule is CCCCCC/C=C\C=C/CCCCCCCC(=O)O[C@H](COC(=O)CCCCCCCCCCCCCCCCC)COP(=O)(O)OC[C@@H](O)COP(=O)(O)OC[C@@H](COC(=O)CCCCCCCCC(C)C)OC(=O)CCCCCCCCCC(C)C. The predicted octanol–water partition coefficient (Wildman–Crippen LogP) is 19.5. The van der Waals surface area contributed by atoms with Gasteiger partial charge in [0.15, 0.2) is 12.2 Å². The van der Waals surface area contributed by atoms with Gasteiger partial charge in [-0.25, -0.2) is 9.13 Å². The highest BCUT2D eigenvalue weighted by Gasteiger charge is 2.30. The topological polar surface area (TPSA) is 237 Å². The van der Waals surface area contributed by atoms with Gasteiger partial charge >= 0.3 is 39.5 Å². The highest BCUT2D eigenvalue weighted by atomic mass is 31.2. The van der Waals surface area contributed by atoms with Gasteiger partial charge in [0.05, 0.1) is 26.4 Å². The van der Waals surface area contributed by atoms with Crippen LogP contribution in [0.3, 0.4) is 0 Å². The van der Waals surface area contributed by atoms with E-state index in [1.165, 1.54) is 128 Å². The quantitative estimate of drug-likeness (QED) is 0.0169. The third-order valence-electron chi connectivity index (χ3n) is 15.6. The summed E-state index contributed by atoms with van der Waals surface area (Å²) in [5.41, 5.74) is 0. The zero-order valence-corrected chi connectivity index (χ0v) is 59.0. The van der Waals surface area contributed by atoms with Crippen molar-refractivity contribution < 1.29 is 80.2 Å². The first-order valence-electron chi connectivity index (χ1n) is 35.8. The molecular weight excluding hydrogens is 1170 g/mol. The Bertz CT molecular complexity index is 1830. The Balaban J connectivity index is 5.27. The molecule has 0 rings (SSSR count). The largest absolute Gasteiger partial charge is 0.472 e. The van der Waals surface area contributed by atoms with E-state index in [9.17, 15) is 43.2 Å². The Morgan fingerprint density at radius 3 is 0.921 bits per heavy atom. The summed E-state index contributed by atoms with van der Waals surface area (Å²) in [6.45, 7) is 9.33. The number of unbranched alkanes of at least 4 members (excludes halogenated alkanes) is 34. The Hall–Kier alpha value is -2.46. The summed E-state index contributed by atoms with van der Waals surface area (Å²) in [6, 6.07) is 0. The van der Waals surface area contributed by atoms with Crippen LogP contribution in [0.15, 0.2) is 24.3 Å². The summed E-state index contributed by atoms with van der Waals surface area (Å²) in [5, 5.41) is 10.6. The Kier molecular flexibility index (Phi) is 60.0. The van der Waals surface area contributed by atoms with Crippen LogP contribution in [0.2, 0.25) is 0 Å². The molecule has 524 valence electrons. The molecule has 0 aliphatic heterocycles. The zero-order valence-electron chi connectivity index (χ0n) is 57.2. The fourth-order valence-corrected chi connectivity index (χ4v) is 11.6. The monoisotopic (exact) mass is 1310 g/mol. The van der Waals surface area contributed by atoms with Crippen molar-refractivity contribution in [2.24, 2.45) is 11.8 Å². The number of ether oxygens (including phenoxy) is 4. The summed E-state index contributed by atoms with van der Waals surface area (Å²) >= 11 is 0. The summed E-state index contributed by atoms with van der Waals surface area (Å²) in [5.74, 6) is -0.787. The van der Waals surface area contributed by atoms with Crippen LogP contribution in [0.25, 0.3) is 0 Å². The predicted molar refractivity (Wildman–Crippen MR) is 358 cm³/mol. The lowest BCUT2D eigenvalue weighted by Gasteiger charge is -2.21. The number of aliphatic hydroxyl groups excluding tert-OH is 1. The van der Waals surface area contributed by atoms with Crippen molar-refractivity contribution in [2.75, 3.05) is 39.6 Å². The second kappa shape index (κ2) is 61.7. The summed E-state index contributed by atoms with van der Waals surface area (Å²) in [7, 11) is -9.91. The maximum Gasteiger partial charge on any atom is 0.472 e. The third-order valence-corrected chi connectivity index (χ3v) is 17.5. The Morgan fingerprint density at radius 2 is 0.607 bits per heavy atom. The lowest BCUT2D eigenvalue weighted by molar-refractivity contribution is -0.161. The first-order chi connectivity index (χ1) is 42.9. The number of carbonyl (C=O) groups excluding carboxylic acids is 4. The van der Waals surface area contributed by atoms with E-state index in [4.69, 9.17) is 37.0 Å². The second-order valence-electron chi connectivity index (χ2n) is 25.5. The lowest BCUT2D eigenvalue weighted by Crippen LogP contribution is -2.30. The van der Waals surface area contributed by atoms with E-state index in [0.29, 0.717) is 37.5 Å². The minimum Gasteiger partial charge on any atom is -0.462 e. The molecule has 89 heavy (non-hydrogen) atoms. The van der Waals surface area contributed by atoms with Gasteiger partial charge in [0.1, 0.15) is 19.3 Å². The molecule has 0 aliphatic rings. The molecule has 0 saturated carbocycles. The maximum atomic E-state index is 13.0. The van der Waals surface area contributed by atoms with Crippen LogP contribution in [0.4, 0.5) is 0 Å². The van der Waals surface area contributed by atoms with E-state index in [1.807, 2.05) is 0 Å². The number of aliphatic hydroxyl groups is 1. The molecule has 0 heterocycles. The van der Waals surface area contributed by atoms with Gasteiger partial charge in [0.2, 0.25) is 0 Å². The highest BCUT2D eigenvalue weighted by Crippen LogP contribution is 2.45. The minimum atomic E-state index is -4.96. The molecule has 0 aliphatic carbocycles. The number of hydrogen-bond donors (Lipinski definition) is 3. The standard InChI is InChI=1S/C70H132O17P2/c1-7-9-11-13-15-17-19-21-23-25-27-29-33-40-46-52-67(72)80-58-65(86-69(74)54-48-42-34-30-28-26-24-22-20-18-16-14-12-10-8-2)60-84-88(76,77)82-56-64(71)57-83-89(78,79)85-61-66(59-81-68(73)53-47-41-37-36-39-45-51-63(5)6)87-70(75)55-49-43-35-31-32-38-44-50-62(3)4/h18,20,22,24,62-66,71H,7-17,19,21,23,25-61H2,1-6H3,(H,76,77)(H,78,79)/b20-18-,24-22-/t64-,65-,66-/m1/s1. The van der Waals surface area contributed by atoms with Crippen molar-refractivity contribution in [3.05, 3.63) is 24.3 Å². The molecule has 0 radical (unpaired) electrons. The number of esters is 4. The Labute approximate surface area is 542 Å². The summed E-state index contributed by atoms with van der Waals surface area (Å²) in [6.07, 6.45) is 49.7. The molecule has 0 aromatic carbocycles. The van der Waals surface area contributed by atoms with Crippen molar-refractivity contribution >= 4 is 39.5 Å². The zero-order chi connectivity index (χ0) is 65.7. The van der Waals surface area contributed by atoms with E-state index >= 15 is 0 Å². The van der Waals surface area contributed by atoms with E-state index < -0.39 is 97.5 Å². The van der Waals surface area contributed by atoms with Gasteiger partial charge < -0.3 is 33.8 Å². The van der Waals surface area contributed by atoms with Crippen LogP contribution >= 0.6 is 15.6 Å². The lowest BCUT2D eigenvalue weighted by atomic mass is 10.0. The molecule has 0 aromatic rings. The van der Waals surface area contributed by atoms with Crippen LogP contribution in [-0.2, 0) is 65.4 Å². The van der Waals surface area contributed by atoms with Gasteiger partial charge in [-0.3, -0.25) is 37.3 Å². The normalized spacial score (nSPS) is 14.3. The van der Waals surface area contributed by atoms with E-state index in [0.717, 1.165) is 109 Å². The van der Waals surface area contributed by atoms with Gasteiger partial charge in [-0.1, -0.05) is 278 Å². The van der Waals surface area contributed by atoms with Gasteiger partial charge in [0.25, 0.3) is 0 Å². The second-order valence-corrected chi connectivity index (χ2v) is 28.4. The van der Waals surface area contributed by atoms with E-state index in [-0.39, 0.29) is 25.7 Å². The first-order valence-corrected chi connectivity index (χ1v) is 38.8. The molecule has 2 unspecified atom stereocenters. The molecule has 3 N–H and O–H groups in total. The van der Waals surface area contributed by atoms with E-state index in [1.54, 1.807) is 0 Å². The average Bonchev–Trinajstić information content (AvgIpc) is 3.67. The molecule has 17 nitrogen and oxygen atoms in total. The van der Waals surface area contributed by atoms with E-state index in [2.05, 4.69) is 65.8 Å². The maximum absolute atomic E-state index is 13.0. The van der Waals surface area contributed by atoms with Crippen molar-refractivity contribution in [1.29, 1.82) is 0 Å². The molecule has 0 saturated heterocycles.